The summed E-state index contributed by atoms with van der Waals surface area (Å²) in [4.78, 5) is 23.6. The molecule has 8 heteroatoms. The first-order valence-corrected chi connectivity index (χ1v) is 6.80. The van der Waals surface area contributed by atoms with Gasteiger partial charge in [0.1, 0.15) is 0 Å². The number of anilines is 1. The Morgan fingerprint density at radius 3 is 2.77 bits per heavy atom. The number of carbonyl (C=O) groups is 2. The SMILES string of the molecule is CCn1cc(/C=C/C(=O)Nc2cn(C)nc2C(=O)NC)cn1. The molecule has 0 spiro atoms. The first-order chi connectivity index (χ1) is 10.5. The Bertz CT molecular complexity index is 713. The van der Waals surface area contributed by atoms with E-state index in [1.165, 1.54) is 17.8 Å². The highest BCUT2D eigenvalue weighted by atomic mass is 16.2. The second kappa shape index (κ2) is 6.70. The summed E-state index contributed by atoms with van der Waals surface area (Å²) in [6.45, 7) is 2.75. The average Bonchev–Trinajstić information content (AvgIpc) is 3.10. The van der Waals surface area contributed by atoms with Crippen molar-refractivity contribution in [1.82, 2.24) is 24.9 Å². The Morgan fingerprint density at radius 2 is 2.14 bits per heavy atom. The van der Waals surface area contributed by atoms with Gasteiger partial charge in [0.05, 0.1) is 11.9 Å². The lowest BCUT2D eigenvalue weighted by Gasteiger charge is -2.01. The van der Waals surface area contributed by atoms with Crippen molar-refractivity contribution in [2.24, 2.45) is 7.05 Å². The van der Waals surface area contributed by atoms with Gasteiger partial charge in [-0.25, -0.2) is 0 Å². The molecule has 0 bridgehead atoms. The maximum absolute atomic E-state index is 11.9. The molecule has 0 aliphatic heterocycles. The Kier molecular flexibility index (Phi) is 4.72. The summed E-state index contributed by atoms with van der Waals surface area (Å²) in [6.07, 6.45) is 8.13. The van der Waals surface area contributed by atoms with E-state index in [0.717, 1.165) is 12.1 Å². The zero-order valence-corrected chi connectivity index (χ0v) is 12.7. The molecule has 2 amide bonds. The van der Waals surface area contributed by atoms with Crippen molar-refractivity contribution in [3.8, 4) is 0 Å². The zero-order chi connectivity index (χ0) is 16.1. The van der Waals surface area contributed by atoms with Crippen LogP contribution in [-0.4, -0.2) is 38.4 Å². The van der Waals surface area contributed by atoms with Gasteiger partial charge in [-0.15, -0.1) is 0 Å². The smallest absolute Gasteiger partial charge is 0.273 e. The van der Waals surface area contributed by atoms with Crippen LogP contribution in [-0.2, 0) is 18.4 Å². The molecule has 22 heavy (non-hydrogen) atoms. The van der Waals surface area contributed by atoms with Crippen LogP contribution in [0.15, 0.2) is 24.7 Å². The second-order valence-corrected chi connectivity index (χ2v) is 4.60. The summed E-state index contributed by atoms with van der Waals surface area (Å²) >= 11 is 0. The highest BCUT2D eigenvalue weighted by Crippen LogP contribution is 2.13. The maximum atomic E-state index is 11.9. The molecule has 0 saturated carbocycles. The molecular formula is C14H18N6O2. The molecule has 0 aliphatic rings. The summed E-state index contributed by atoms with van der Waals surface area (Å²) in [5, 5.41) is 13.3. The van der Waals surface area contributed by atoms with Gasteiger partial charge in [0, 0.05) is 44.7 Å². The van der Waals surface area contributed by atoms with Crippen LogP contribution in [0, 0.1) is 0 Å². The van der Waals surface area contributed by atoms with E-state index in [2.05, 4.69) is 20.8 Å². The minimum atomic E-state index is -0.357. The minimum Gasteiger partial charge on any atom is -0.354 e. The van der Waals surface area contributed by atoms with E-state index >= 15 is 0 Å². The van der Waals surface area contributed by atoms with Gasteiger partial charge in [-0.2, -0.15) is 10.2 Å². The Hall–Kier alpha value is -2.90. The van der Waals surface area contributed by atoms with Crippen molar-refractivity contribution in [2.45, 2.75) is 13.5 Å². The lowest BCUT2D eigenvalue weighted by atomic mass is 10.3. The Morgan fingerprint density at radius 1 is 1.36 bits per heavy atom. The Labute approximate surface area is 127 Å². The normalized spacial score (nSPS) is 10.9. The molecule has 2 aromatic heterocycles. The van der Waals surface area contributed by atoms with Crippen LogP contribution in [0.1, 0.15) is 23.0 Å². The fraction of sp³-hybridized carbons (Fsp3) is 0.286. The number of rotatable bonds is 5. The third kappa shape index (κ3) is 3.60. The van der Waals surface area contributed by atoms with Crippen molar-refractivity contribution in [3.63, 3.8) is 0 Å². The number of amides is 2. The van der Waals surface area contributed by atoms with E-state index in [4.69, 9.17) is 0 Å². The molecule has 2 aromatic rings. The summed E-state index contributed by atoms with van der Waals surface area (Å²) in [6, 6.07) is 0. The fourth-order valence-electron chi connectivity index (χ4n) is 1.85. The first kappa shape index (κ1) is 15.5. The van der Waals surface area contributed by atoms with Crippen LogP contribution in [0.3, 0.4) is 0 Å². The highest BCUT2D eigenvalue weighted by molar-refractivity contribution is 6.06. The molecule has 116 valence electrons. The van der Waals surface area contributed by atoms with Gasteiger partial charge < -0.3 is 10.6 Å². The number of aryl methyl sites for hydroxylation is 2. The van der Waals surface area contributed by atoms with Crippen LogP contribution < -0.4 is 10.6 Å². The maximum Gasteiger partial charge on any atom is 0.273 e. The predicted molar refractivity (Wildman–Crippen MR) is 82.2 cm³/mol. The van der Waals surface area contributed by atoms with Crippen molar-refractivity contribution in [1.29, 1.82) is 0 Å². The van der Waals surface area contributed by atoms with E-state index < -0.39 is 0 Å². The number of nitrogens with one attached hydrogen (secondary N) is 2. The average molecular weight is 302 g/mol. The van der Waals surface area contributed by atoms with Crippen LogP contribution in [0.4, 0.5) is 5.69 Å². The molecule has 8 nitrogen and oxygen atoms in total. The lowest BCUT2D eigenvalue weighted by Crippen LogP contribution is -2.21. The Balaban J connectivity index is 2.07. The topological polar surface area (TPSA) is 93.8 Å². The van der Waals surface area contributed by atoms with Crippen molar-refractivity contribution in [3.05, 3.63) is 35.9 Å². The number of aromatic nitrogens is 4. The van der Waals surface area contributed by atoms with E-state index in [1.807, 2.05) is 13.1 Å². The molecule has 0 saturated heterocycles. The third-order valence-corrected chi connectivity index (χ3v) is 2.93. The number of carbonyl (C=O) groups excluding carboxylic acids is 2. The molecule has 0 fully saturated rings. The molecule has 2 rings (SSSR count). The van der Waals surface area contributed by atoms with Gasteiger partial charge in [-0.3, -0.25) is 19.0 Å². The van der Waals surface area contributed by atoms with Crippen molar-refractivity contribution >= 4 is 23.6 Å². The summed E-state index contributed by atoms with van der Waals surface area (Å²) in [5.41, 5.74) is 1.36. The van der Waals surface area contributed by atoms with Crippen LogP contribution in [0.2, 0.25) is 0 Å². The standard InChI is InChI=1S/C14H18N6O2/c1-4-20-8-10(7-16-20)5-6-12(21)17-11-9-19(3)18-13(11)14(22)15-2/h5-9H,4H2,1-3H3,(H,15,22)(H,17,21)/b6-5+. The summed E-state index contributed by atoms with van der Waals surface area (Å²) < 4.78 is 3.23. The second-order valence-electron chi connectivity index (χ2n) is 4.60. The molecule has 0 aromatic carbocycles. The van der Waals surface area contributed by atoms with Gasteiger partial charge in [0.25, 0.3) is 5.91 Å². The van der Waals surface area contributed by atoms with Gasteiger partial charge in [0.2, 0.25) is 5.91 Å². The van der Waals surface area contributed by atoms with E-state index in [0.29, 0.717) is 5.69 Å². The quantitative estimate of drug-likeness (QED) is 0.793. The zero-order valence-electron chi connectivity index (χ0n) is 12.7. The van der Waals surface area contributed by atoms with Crippen molar-refractivity contribution < 1.29 is 9.59 Å². The van der Waals surface area contributed by atoms with E-state index in [-0.39, 0.29) is 17.5 Å². The molecule has 0 unspecified atom stereocenters. The lowest BCUT2D eigenvalue weighted by molar-refractivity contribution is -0.111. The monoisotopic (exact) mass is 302 g/mol. The van der Waals surface area contributed by atoms with Crippen LogP contribution in [0.25, 0.3) is 6.08 Å². The molecular weight excluding hydrogens is 284 g/mol. The summed E-state index contributed by atoms with van der Waals surface area (Å²) in [5.74, 6) is -0.702. The number of hydrogen-bond donors (Lipinski definition) is 2. The van der Waals surface area contributed by atoms with Crippen LogP contribution in [0.5, 0.6) is 0 Å². The minimum absolute atomic E-state index is 0.172. The van der Waals surface area contributed by atoms with Gasteiger partial charge >= 0.3 is 0 Å². The number of hydrogen-bond acceptors (Lipinski definition) is 4. The van der Waals surface area contributed by atoms with E-state index in [9.17, 15) is 9.59 Å². The predicted octanol–water partition coefficient (Wildman–Crippen LogP) is 0.648. The molecule has 0 radical (unpaired) electrons. The number of nitrogens with zero attached hydrogens (tertiary/aromatic N) is 4. The van der Waals surface area contributed by atoms with Gasteiger partial charge in [-0.1, -0.05) is 0 Å². The third-order valence-electron chi connectivity index (χ3n) is 2.93. The van der Waals surface area contributed by atoms with Crippen LogP contribution >= 0.6 is 0 Å². The van der Waals surface area contributed by atoms with Gasteiger partial charge in [-0.05, 0) is 13.0 Å². The summed E-state index contributed by atoms with van der Waals surface area (Å²) in [7, 11) is 3.19. The highest BCUT2D eigenvalue weighted by Gasteiger charge is 2.15. The molecule has 2 heterocycles. The fourth-order valence-corrected chi connectivity index (χ4v) is 1.85. The van der Waals surface area contributed by atoms with Crippen molar-refractivity contribution in [2.75, 3.05) is 12.4 Å². The largest absolute Gasteiger partial charge is 0.354 e. The molecule has 2 N–H and O–H groups in total. The molecule has 0 atom stereocenters. The van der Waals surface area contributed by atoms with Gasteiger partial charge in [0.15, 0.2) is 5.69 Å². The molecule has 0 aliphatic carbocycles. The first-order valence-electron chi connectivity index (χ1n) is 6.80. The van der Waals surface area contributed by atoms with E-state index in [1.54, 1.807) is 30.2 Å².